The summed E-state index contributed by atoms with van der Waals surface area (Å²) in [5.41, 5.74) is 0.580. The zero-order chi connectivity index (χ0) is 13.9. The van der Waals surface area contributed by atoms with Crippen LogP contribution in [0.4, 0.5) is 5.69 Å². The number of hydrogen-bond donors (Lipinski definition) is 3. The topological polar surface area (TPSA) is 78.4 Å². The van der Waals surface area contributed by atoms with Gasteiger partial charge < -0.3 is 10.4 Å². The Morgan fingerprint density at radius 1 is 1.37 bits per heavy atom. The maximum absolute atomic E-state index is 12.2. The predicted molar refractivity (Wildman–Crippen MR) is 74.5 cm³/mol. The van der Waals surface area contributed by atoms with Crippen LogP contribution >= 0.6 is 0 Å². The maximum Gasteiger partial charge on any atom is 0.242 e. The average molecular weight is 284 g/mol. The fourth-order valence-electron chi connectivity index (χ4n) is 1.68. The van der Waals surface area contributed by atoms with Crippen LogP contribution in [0.1, 0.15) is 19.8 Å². The van der Waals surface area contributed by atoms with Crippen LogP contribution in [-0.4, -0.2) is 32.7 Å². The molecule has 1 fully saturated rings. The van der Waals surface area contributed by atoms with E-state index in [1.165, 1.54) is 0 Å². The minimum Gasteiger partial charge on any atom is -0.396 e. The third-order valence-electron chi connectivity index (χ3n) is 3.03. The lowest BCUT2D eigenvalue weighted by atomic mass is 10.2. The van der Waals surface area contributed by atoms with Crippen molar-refractivity contribution in [2.75, 3.05) is 18.5 Å². The highest BCUT2D eigenvalue weighted by molar-refractivity contribution is 7.89. The largest absolute Gasteiger partial charge is 0.396 e. The van der Waals surface area contributed by atoms with Crippen molar-refractivity contribution in [1.82, 2.24) is 4.72 Å². The predicted octanol–water partition coefficient (Wildman–Crippen LogP) is 1.17. The van der Waals surface area contributed by atoms with Gasteiger partial charge in [-0.2, -0.15) is 0 Å². The number of sulfonamides is 1. The molecule has 1 aliphatic rings. The van der Waals surface area contributed by atoms with Gasteiger partial charge in [0, 0.05) is 19.2 Å². The summed E-state index contributed by atoms with van der Waals surface area (Å²) in [6.45, 7) is 2.50. The van der Waals surface area contributed by atoms with Gasteiger partial charge in [0.25, 0.3) is 0 Å². The lowest BCUT2D eigenvalue weighted by Crippen LogP contribution is -2.27. The summed E-state index contributed by atoms with van der Waals surface area (Å²) in [7, 11) is -3.46. The normalized spacial score (nSPS) is 17.2. The van der Waals surface area contributed by atoms with Crippen molar-refractivity contribution >= 4 is 15.7 Å². The highest BCUT2D eigenvalue weighted by Crippen LogP contribution is 2.25. The van der Waals surface area contributed by atoms with E-state index in [9.17, 15) is 8.42 Å². The van der Waals surface area contributed by atoms with E-state index in [4.69, 9.17) is 5.11 Å². The van der Waals surface area contributed by atoms with E-state index < -0.39 is 10.0 Å². The molecule has 1 aromatic rings. The number of nitrogens with one attached hydrogen (secondary N) is 2. The second-order valence-corrected chi connectivity index (χ2v) is 6.74. The van der Waals surface area contributed by atoms with Gasteiger partial charge in [-0.3, -0.25) is 0 Å². The summed E-state index contributed by atoms with van der Waals surface area (Å²) < 4.78 is 27.1. The van der Waals surface area contributed by atoms with Gasteiger partial charge in [-0.15, -0.1) is 0 Å². The highest BCUT2D eigenvalue weighted by Gasteiger charge is 2.29. The molecule has 0 bridgehead atoms. The zero-order valence-electron chi connectivity index (χ0n) is 11.0. The Hall–Kier alpha value is -1.11. The minimum absolute atomic E-state index is 0.0717. The van der Waals surface area contributed by atoms with Crippen molar-refractivity contribution in [3.63, 3.8) is 0 Å². The van der Waals surface area contributed by atoms with Gasteiger partial charge in [0.15, 0.2) is 0 Å². The summed E-state index contributed by atoms with van der Waals surface area (Å²) in [4.78, 5) is 0.270. The molecule has 1 aromatic carbocycles. The molecule has 0 heterocycles. The van der Waals surface area contributed by atoms with Gasteiger partial charge in [-0.1, -0.05) is 19.1 Å². The van der Waals surface area contributed by atoms with E-state index in [1.807, 2.05) is 6.92 Å². The molecule has 1 aliphatic carbocycles. The third-order valence-corrected chi connectivity index (χ3v) is 4.61. The van der Waals surface area contributed by atoms with Crippen molar-refractivity contribution in [3.05, 3.63) is 24.3 Å². The summed E-state index contributed by atoms with van der Waals surface area (Å²) in [6, 6.07) is 6.93. The van der Waals surface area contributed by atoms with Crippen molar-refractivity contribution in [2.24, 2.45) is 5.92 Å². The van der Waals surface area contributed by atoms with Crippen LogP contribution in [0.3, 0.4) is 0 Å². The number of anilines is 1. The van der Waals surface area contributed by atoms with E-state index in [2.05, 4.69) is 10.0 Å². The number of para-hydroxylation sites is 1. The molecule has 0 radical (unpaired) electrons. The average Bonchev–Trinajstić information content (AvgIpc) is 3.19. The van der Waals surface area contributed by atoms with E-state index in [1.54, 1.807) is 24.3 Å². The molecule has 1 atom stereocenters. The molecule has 6 heteroatoms. The van der Waals surface area contributed by atoms with Crippen LogP contribution < -0.4 is 10.0 Å². The minimum atomic E-state index is -3.46. The second kappa shape index (κ2) is 5.90. The molecule has 1 saturated carbocycles. The Labute approximate surface area is 114 Å². The van der Waals surface area contributed by atoms with Gasteiger partial charge in [0.05, 0.1) is 5.69 Å². The van der Waals surface area contributed by atoms with Crippen molar-refractivity contribution in [3.8, 4) is 0 Å². The molecule has 2 rings (SSSR count). The summed E-state index contributed by atoms with van der Waals surface area (Å²) in [6.07, 6.45) is 1.83. The molecule has 0 amide bonds. The zero-order valence-corrected chi connectivity index (χ0v) is 11.8. The van der Waals surface area contributed by atoms with Crippen molar-refractivity contribution < 1.29 is 13.5 Å². The van der Waals surface area contributed by atoms with E-state index >= 15 is 0 Å². The smallest absolute Gasteiger partial charge is 0.242 e. The van der Waals surface area contributed by atoms with E-state index in [-0.39, 0.29) is 23.5 Å². The Morgan fingerprint density at radius 3 is 2.68 bits per heavy atom. The highest BCUT2D eigenvalue weighted by atomic mass is 32.2. The van der Waals surface area contributed by atoms with Crippen molar-refractivity contribution in [1.29, 1.82) is 0 Å². The molecular weight excluding hydrogens is 264 g/mol. The quantitative estimate of drug-likeness (QED) is 0.702. The fraction of sp³-hybridized carbons (Fsp3) is 0.538. The molecule has 19 heavy (non-hydrogen) atoms. The SMILES string of the molecule is CC(CO)CNc1ccccc1S(=O)(=O)NC1CC1. The third kappa shape index (κ3) is 3.92. The lowest BCUT2D eigenvalue weighted by Gasteiger charge is -2.15. The monoisotopic (exact) mass is 284 g/mol. The molecule has 0 aliphatic heterocycles. The maximum atomic E-state index is 12.2. The summed E-state index contributed by atoms with van der Waals surface area (Å²) >= 11 is 0. The first-order chi connectivity index (χ1) is 9.03. The van der Waals surface area contributed by atoms with Gasteiger partial charge in [-0.05, 0) is 30.9 Å². The summed E-state index contributed by atoms with van der Waals surface area (Å²) in [5, 5.41) is 12.1. The summed E-state index contributed by atoms with van der Waals surface area (Å²) in [5.74, 6) is 0.0761. The first-order valence-electron chi connectivity index (χ1n) is 6.49. The molecule has 106 valence electrons. The molecule has 0 saturated heterocycles. The van der Waals surface area contributed by atoms with Crippen LogP contribution in [0, 0.1) is 5.92 Å². The number of hydrogen-bond acceptors (Lipinski definition) is 4. The lowest BCUT2D eigenvalue weighted by molar-refractivity contribution is 0.244. The van der Waals surface area contributed by atoms with Crippen LogP contribution in [0.25, 0.3) is 0 Å². The van der Waals surface area contributed by atoms with Gasteiger partial charge in [0.2, 0.25) is 10.0 Å². The number of benzene rings is 1. The first-order valence-corrected chi connectivity index (χ1v) is 7.97. The van der Waals surface area contributed by atoms with Crippen LogP contribution in [0.5, 0.6) is 0 Å². The Kier molecular flexibility index (Phi) is 4.44. The molecular formula is C13H20N2O3S. The molecule has 1 unspecified atom stereocenters. The van der Waals surface area contributed by atoms with Crippen LogP contribution in [-0.2, 0) is 10.0 Å². The van der Waals surface area contributed by atoms with Gasteiger partial charge in [-0.25, -0.2) is 13.1 Å². The second-order valence-electron chi connectivity index (χ2n) is 5.06. The van der Waals surface area contributed by atoms with E-state index in [0.717, 1.165) is 12.8 Å². The standard InChI is InChI=1S/C13H20N2O3S/c1-10(9-16)8-14-12-4-2-3-5-13(12)19(17,18)15-11-6-7-11/h2-5,10-11,14-16H,6-9H2,1H3. The molecule has 5 nitrogen and oxygen atoms in total. The number of rotatable bonds is 7. The van der Waals surface area contributed by atoms with Crippen LogP contribution in [0.2, 0.25) is 0 Å². The number of aliphatic hydroxyl groups excluding tert-OH is 1. The van der Waals surface area contributed by atoms with Crippen LogP contribution in [0.15, 0.2) is 29.2 Å². The Morgan fingerprint density at radius 2 is 2.05 bits per heavy atom. The fourth-order valence-corrected chi connectivity index (χ4v) is 3.17. The number of aliphatic hydroxyl groups is 1. The Balaban J connectivity index is 2.15. The van der Waals surface area contributed by atoms with Gasteiger partial charge >= 0.3 is 0 Å². The van der Waals surface area contributed by atoms with E-state index in [0.29, 0.717) is 12.2 Å². The van der Waals surface area contributed by atoms with Crippen molar-refractivity contribution in [2.45, 2.75) is 30.7 Å². The van der Waals surface area contributed by atoms with Gasteiger partial charge in [0.1, 0.15) is 4.90 Å². The molecule has 3 N–H and O–H groups in total. The molecule has 0 spiro atoms. The first kappa shape index (κ1) is 14.3. The molecule has 0 aromatic heterocycles. The Bertz CT molecular complexity index is 526.